The lowest BCUT2D eigenvalue weighted by Gasteiger charge is -2.33. The zero-order chi connectivity index (χ0) is 13.8. The molecule has 0 N–H and O–H groups in total. The standard InChI is InChI=1S/C14H16F2N2O/c1-2-19-11-5-7-18(8-6-11)12-4-3-10(9-17)13(15)14(12)16/h3-4,11H,2,5-8H2,1H3. The fourth-order valence-corrected chi connectivity index (χ4v) is 2.37. The van der Waals surface area contributed by atoms with Gasteiger partial charge in [-0.25, -0.2) is 8.78 Å². The average molecular weight is 266 g/mol. The second-order valence-electron chi connectivity index (χ2n) is 4.51. The third-order valence-corrected chi connectivity index (χ3v) is 3.37. The molecule has 1 heterocycles. The number of rotatable bonds is 3. The quantitative estimate of drug-likeness (QED) is 0.844. The number of ether oxygens (including phenoxy) is 1. The molecule has 102 valence electrons. The van der Waals surface area contributed by atoms with Gasteiger partial charge in [0.15, 0.2) is 11.6 Å². The van der Waals surface area contributed by atoms with Gasteiger partial charge in [0, 0.05) is 19.7 Å². The number of hydrogen-bond acceptors (Lipinski definition) is 3. The smallest absolute Gasteiger partial charge is 0.183 e. The van der Waals surface area contributed by atoms with Crippen molar-refractivity contribution in [2.45, 2.75) is 25.9 Å². The van der Waals surface area contributed by atoms with Crippen molar-refractivity contribution in [3.63, 3.8) is 0 Å². The summed E-state index contributed by atoms with van der Waals surface area (Å²) >= 11 is 0. The van der Waals surface area contributed by atoms with Crippen molar-refractivity contribution >= 4 is 5.69 Å². The van der Waals surface area contributed by atoms with Gasteiger partial charge in [0.2, 0.25) is 0 Å². The maximum absolute atomic E-state index is 13.9. The van der Waals surface area contributed by atoms with Crippen LogP contribution in [0.1, 0.15) is 25.3 Å². The van der Waals surface area contributed by atoms with E-state index < -0.39 is 11.6 Å². The van der Waals surface area contributed by atoms with Gasteiger partial charge in [-0.15, -0.1) is 0 Å². The second kappa shape index (κ2) is 5.98. The third kappa shape index (κ3) is 2.85. The van der Waals surface area contributed by atoms with Gasteiger partial charge in [-0.3, -0.25) is 0 Å². The topological polar surface area (TPSA) is 36.3 Å². The first kappa shape index (κ1) is 13.8. The summed E-state index contributed by atoms with van der Waals surface area (Å²) in [6, 6.07) is 4.43. The number of nitriles is 1. The summed E-state index contributed by atoms with van der Waals surface area (Å²) in [6.45, 7) is 3.88. The molecule has 0 saturated carbocycles. The number of anilines is 1. The van der Waals surface area contributed by atoms with E-state index in [-0.39, 0.29) is 17.4 Å². The van der Waals surface area contributed by atoms with E-state index in [1.807, 2.05) is 6.92 Å². The number of halogens is 2. The van der Waals surface area contributed by atoms with Crippen LogP contribution in [0.25, 0.3) is 0 Å². The number of nitrogens with zero attached hydrogens (tertiary/aromatic N) is 2. The highest BCUT2D eigenvalue weighted by Crippen LogP contribution is 2.27. The van der Waals surface area contributed by atoms with E-state index in [2.05, 4.69) is 0 Å². The Morgan fingerprint density at radius 3 is 2.58 bits per heavy atom. The van der Waals surface area contributed by atoms with Crippen molar-refractivity contribution in [2.75, 3.05) is 24.6 Å². The molecule has 19 heavy (non-hydrogen) atoms. The third-order valence-electron chi connectivity index (χ3n) is 3.37. The van der Waals surface area contributed by atoms with Crippen molar-refractivity contribution < 1.29 is 13.5 Å². The predicted octanol–water partition coefficient (Wildman–Crippen LogP) is 2.84. The highest BCUT2D eigenvalue weighted by atomic mass is 19.2. The average Bonchev–Trinajstić information content (AvgIpc) is 2.43. The second-order valence-corrected chi connectivity index (χ2v) is 4.51. The van der Waals surface area contributed by atoms with Gasteiger partial charge in [-0.1, -0.05) is 0 Å². The van der Waals surface area contributed by atoms with Crippen molar-refractivity contribution in [2.24, 2.45) is 0 Å². The molecular weight excluding hydrogens is 250 g/mol. The van der Waals surface area contributed by atoms with Crippen molar-refractivity contribution in [3.05, 3.63) is 29.3 Å². The van der Waals surface area contributed by atoms with E-state index in [4.69, 9.17) is 10.00 Å². The maximum atomic E-state index is 13.9. The molecule has 1 fully saturated rings. The Balaban J connectivity index is 2.12. The monoisotopic (exact) mass is 266 g/mol. The molecule has 0 aliphatic carbocycles. The molecule has 1 aromatic rings. The van der Waals surface area contributed by atoms with Crippen LogP contribution >= 0.6 is 0 Å². The molecule has 1 aliphatic heterocycles. The van der Waals surface area contributed by atoms with E-state index in [0.29, 0.717) is 19.7 Å². The van der Waals surface area contributed by atoms with E-state index >= 15 is 0 Å². The molecule has 1 aromatic carbocycles. The Labute approximate surface area is 111 Å². The summed E-state index contributed by atoms with van der Waals surface area (Å²) in [6.07, 6.45) is 1.80. The molecule has 0 bridgehead atoms. The summed E-state index contributed by atoms with van der Waals surface area (Å²) in [4.78, 5) is 1.80. The van der Waals surface area contributed by atoms with Crippen LogP contribution in [0.15, 0.2) is 12.1 Å². The van der Waals surface area contributed by atoms with Gasteiger partial charge in [-0.2, -0.15) is 5.26 Å². The highest BCUT2D eigenvalue weighted by molar-refractivity contribution is 5.52. The summed E-state index contributed by atoms with van der Waals surface area (Å²) in [5, 5.41) is 8.65. The molecule has 2 rings (SSSR count). The van der Waals surface area contributed by atoms with Crippen LogP contribution in [0.4, 0.5) is 14.5 Å². The van der Waals surface area contributed by atoms with Gasteiger partial charge in [-0.05, 0) is 31.9 Å². The minimum atomic E-state index is -1.06. The van der Waals surface area contributed by atoms with Gasteiger partial charge in [0.05, 0.1) is 17.4 Å². The first-order valence-corrected chi connectivity index (χ1v) is 6.42. The molecule has 0 radical (unpaired) electrons. The number of benzene rings is 1. The van der Waals surface area contributed by atoms with Gasteiger partial charge < -0.3 is 9.64 Å². The molecule has 0 amide bonds. The Morgan fingerprint density at radius 2 is 2.00 bits per heavy atom. The molecule has 0 atom stereocenters. The molecule has 1 aliphatic rings. The van der Waals surface area contributed by atoms with Crippen LogP contribution < -0.4 is 4.90 Å². The SMILES string of the molecule is CCOC1CCN(c2ccc(C#N)c(F)c2F)CC1. The first-order valence-electron chi connectivity index (χ1n) is 6.42. The molecular formula is C14H16F2N2O. The van der Waals surface area contributed by atoms with E-state index in [1.165, 1.54) is 12.1 Å². The zero-order valence-electron chi connectivity index (χ0n) is 10.8. The van der Waals surface area contributed by atoms with Crippen LogP contribution in [0.2, 0.25) is 0 Å². The molecule has 0 spiro atoms. The van der Waals surface area contributed by atoms with Crippen LogP contribution in [0, 0.1) is 23.0 Å². The minimum Gasteiger partial charge on any atom is -0.378 e. The molecule has 5 heteroatoms. The van der Waals surface area contributed by atoms with Gasteiger partial charge in [0.1, 0.15) is 6.07 Å². The molecule has 0 aromatic heterocycles. The van der Waals surface area contributed by atoms with Crippen LogP contribution in [-0.2, 0) is 4.74 Å². The summed E-state index contributed by atoms with van der Waals surface area (Å²) in [5.74, 6) is -2.00. The molecule has 0 unspecified atom stereocenters. The fraction of sp³-hybridized carbons (Fsp3) is 0.500. The van der Waals surface area contributed by atoms with Crippen LogP contribution in [0.5, 0.6) is 0 Å². The van der Waals surface area contributed by atoms with Gasteiger partial charge >= 0.3 is 0 Å². The highest BCUT2D eigenvalue weighted by Gasteiger charge is 2.23. The lowest BCUT2D eigenvalue weighted by Crippen LogP contribution is -2.37. The Morgan fingerprint density at radius 1 is 1.32 bits per heavy atom. The minimum absolute atomic E-state index is 0.201. The van der Waals surface area contributed by atoms with Crippen molar-refractivity contribution in [1.29, 1.82) is 5.26 Å². The normalized spacial score (nSPS) is 16.4. The van der Waals surface area contributed by atoms with Crippen LogP contribution in [0.3, 0.4) is 0 Å². The summed E-state index contributed by atoms with van der Waals surface area (Å²) in [7, 11) is 0. The number of hydrogen-bond donors (Lipinski definition) is 0. The predicted molar refractivity (Wildman–Crippen MR) is 67.9 cm³/mol. The van der Waals surface area contributed by atoms with E-state index in [9.17, 15) is 8.78 Å². The lowest BCUT2D eigenvalue weighted by molar-refractivity contribution is 0.0458. The maximum Gasteiger partial charge on any atom is 0.183 e. The van der Waals surface area contributed by atoms with Gasteiger partial charge in [0.25, 0.3) is 0 Å². The van der Waals surface area contributed by atoms with Crippen LogP contribution in [-0.4, -0.2) is 25.8 Å². The molecule has 3 nitrogen and oxygen atoms in total. The zero-order valence-corrected chi connectivity index (χ0v) is 10.8. The van der Waals surface area contributed by atoms with E-state index in [1.54, 1.807) is 11.0 Å². The lowest BCUT2D eigenvalue weighted by atomic mass is 10.1. The largest absolute Gasteiger partial charge is 0.378 e. The Bertz CT molecular complexity index is 491. The summed E-state index contributed by atoms with van der Waals surface area (Å²) in [5.41, 5.74) is -0.0306. The number of piperidine rings is 1. The Hall–Kier alpha value is -1.67. The van der Waals surface area contributed by atoms with E-state index in [0.717, 1.165) is 12.8 Å². The Kier molecular flexibility index (Phi) is 4.33. The molecule has 1 saturated heterocycles. The van der Waals surface area contributed by atoms with Crippen molar-refractivity contribution in [1.82, 2.24) is 0 Å². The first-order chi connectivity index (χ1) is 9.17. The summed E-state index contributed by atoms with van der Waals surface area (Å²) < 4.78 is 33.0. The van der Waals surface area contributed by atoms with Crippen molar-refractivity contribution in [3.8, 4) is 6.07 Å². The fourth-order valence-electron chi connectivity index (χ4n) is 2.37.